The summed E-state index contributed by atoms with van der Waals surface area (Å²) in [5, 5.41) is 4.88. The maximum absolute atomic E-state index is 5.46. The molecule has 2 rings (SSSR count). The molecule has 0 aliphatic rings. The molecule has 0 saturated carbocycles. The van der Waals surface area contributed by atoms with Crippen LogP contribution in [0.1, 0.15) is 0 Å². The van der Waals surface area contributed by atoms with Crippen LogP contribution >= 0.6 is 11.8 Å². The van der Waals surface area contributed by atoms with E-state index in [-0.39, 0.29) is 0 Å². The van der Waals surface area contributed by atoms with Gasteiger partial charge in [-0.2, -0.15) is 5.10 Å². The maximum atomic E-state index is 5.46. The highest BCUT2D eigenvalue weighted by atomic mass is 32.2. The van der Waals surface area contributed by atoms with Crippen LogP contribution in [0.3, 0.4) is 0 Å². The van der Waals surface area contributed by atoms with Gasteiger partial charge in [0.05, 0.1) is 11.1 Å². The summed E-state index contributed by atoms with van der Waals surface area (Å²) in [4.78, 5) is 8.92. The molecule has 2 N–H and O–H groups in total. The van der Waals surface area contributed by atoms with Gasteiger partial charge < -0.3 is 5.73 Å². The summed E-state index contributed by atoms with van der Waals surface area (Å²) in [6.07, 6.45) is 5.34. The van der Waals surface area contributed by atoms with Crippen LogP contribution < -0.4 is 5.73 Å². The van der Waals surface area contributed by atoms with Gasteiger partial charge in [0.15, 0.2) is 0 Å². The lowest BCUT2D eigenvalue weighted by Gasteiger charge is -1.96. The lowest BCUT2D eigenvalue weighted by molar-refractivity contribution is 0.766. The molecule has 0 amide bonds. The summed E-state index contributed by atoms with van der Waals surface area (Å²) in [5.74, 6) is 0.291. The summed E-state index contributed by atoms with van der Waals surface area (Å²) in [7, 11) is 1.87. The predicted octanol–water partition coefficient (Wildman–Crippen LogP) is 0.943. The fourth-order valence-electron chi connectivity index (χ4n) is 0.986. The van der Waals surface area contributed by atoms with E-state index in [1.54, 1.807) is 17.1 Å². The minimum Gasteiger partial charge on any atom is -0.368 e. The van der Waals surface area contributed by atoms with Crippen molar-refractivity contribution in [2.75, 3.05) is 5.73 Å². The molecule has 0 aromatic carbocycles. The van der Waals surface area contributed by atoms with E-state index in [0.717, 1.165) is 9.92 Å². The molecular formula is C8H9N5S. The number of nitrogen functional groups attached to an aromatic ring is 1. The molecule has 14 heavy (non-hydrogen) atoms. The average molecular weight is 207 g/mol. The van der Waals surface area contributed by atoms with Crippen molar-refractivity contribution in [2.24, 2.45) is 7.05 Å². The van der Waals surface area contributed by atoms with Gasteiger partial charge >= 0.3 is 0 Å². The van der Waals surface area contributed by atoms with Crippen LogP contribution in [-0.2, 0) is 7.05 Å². The molecule has 2 heterocycles. The van der Waals surface area contributed by atoms with Crippen LogP contribution in [0.2, 0.25) is 0 Å². The van der Waals surface area contributed by atoms with E-state index >= 15 is 0 Å². The van der Waals surface area contributed by atoms with Gasteiger partial charge in [-0.1, -0.05) is 11.8 Å². The van der Waals surface area contributed by atoms with Crippen LogP contribution in [-0.4, -0.2) is 19.7 Å². The first-order valence-electron chi connectivity index (χ1n) is 3.99. The van der Waals surface area contributed by atoms with Crippen molar-refractivity contribution >= 4 is 17.7 Å². The Balaban J connectivity index is 2.18. The third-order valence-electron chi connectivity index (χ3n) is 1.55. The molecule has 6 heteroatoms. The molecular weight excluding hydrogens is 198 g/mol. The predicted molar refractivity (Wildman–Crippen MR) is 53.8 cm³/mol. The van der Waals surface area contributed by atoms with Gasteiger partial charge in [-0.3, -0.25) is 4.68 Å². The fourth-order valence-corrected chi connectivity index (χ4v) is 1.80. The SMILES string of the molecule is Cn1cc(Sc2ccnc(N)n2)cn1. The Morgan fingerprint density at radius 1 is 1.50 bits per heavy atom. The summed E-state index contributed by atoms with van der Waals surface area (Å²) in [6, 6.07) is 1.81. The fraction of sp³-hybridized carbons (Fsp3) is 0.125. The molecule has 2 aromatic heterocycles. The molecule has 72 valence electrons. The maximum Gasteiger partial charge on any atom is 0.221 e. The third kappa shape index (κ3) is 2.02. The van der Waals surface area contributed by atoms with Crippen molar-refractivity contribution in [3.05, 3.63) is 24.7 Å². The quantitative estimate of drug-likeness (QED) is 0.742. The van der Waals surface area contributed by atoms with E-state index in [4.69, 9.17) is 5.73 Å². The van der Waals surface area contributed by atoms with E-state index in [1.807, 2.05) is 19.3 Å². The Labute approximate surface area is 85.4 Å². The van der Waals surface area contributed by atoms with Crippen molar-refractivity contribution in [1.29, 1.82) is 0 Å². The number of anilines is 1. The smallest absolute Gasteiger partial charge is 0.221 e. The van der Waals surface area contributed by atoms with Gasteiger partial charge in [0.1, 0.15) is 5.03 Å². The van der Waals surface area contributed by atoms with Gasteiger partial charge in [-0.15, -0.1) is 0 Å². The number of rotatable bonds is 2. The molecule has 0 aliphatic heterocycles. The first-order valence-corrected chi connectivity index (χ1v) is 4.81. The van der Waals surface area contributed by atoms with Crippen molar-refractivity contribution in [1.82, 2.24) is 19.7 Å². The minimum atomic E-state index is 0.291. The van der Waals surface area contributed by atoms with Crippen LogP contribution in [0.15, 0.2) is 34.6 Å². The number of nitrogens with two attached hydrogens (primary N) is 1. The summed E-state index contributed by atoms with van der Waals surface area (Å²) >= 11 is 1.51. The number of nitrogens with zero attached hydrogens (tertiary/aromatic N) is 4. The van der Waals surface area contributed by atoms with Crippen molar-refractivity contribution < 1.29 is 0 Å². The Bertz CT molecular complexity index is 439. The molecule has 0 fully saturated rings. The summed E-state index contributed by atoms with van der Waals surface area (Å²) in [5.41, 5.74) is 5.46. The Hall–Kier alpha value is -1.56. The van der Waals surface area contributed by atoms with Crippen molar-refractivity contribution in [3.8, 4) is 0 Å². The third-order valence-corrected chi connectivity index (χ3v) is 2.44. The molecule has 0 unspecified atom stereocenters. The Kier molecular flexibility index (Phi) is 2.36. The minimum absolute atomic E-state index is 0.291. The zero-order chi connectivity index (χ0) is 9.97. The monoisotopic (exact) mass is 207 g/mol. The molecule has 0 spiro atoms. The Morgan fingerprint density at radius 2 is 2.36 bits per heavy atom. The highest BCUT2D eigenvalue weighted by molar-refractivity contribution is 7.99. The number of hydrogen-bond donors (Lipinski definition) is 1. The molecule has 0 atom stereocenters. The first-order chi connectivity index (χ1) is 6.74. The summed E-state index contributed by atoms with van der Waals surface area (Å²) in [6.45, 7) is 0. The van der Waals surface area contributed by atoms with Gasteiger partial charge in [-0.25, -0.2) is 9.97 Å². The van der Waals surface area contributed by atoms with Crippen LogP contribution in [0.25, 0.3) is 0 Å². The molecule has 0 aliphatic carbocycles. The first kappa shape index (κ1) is 9.01. The van der Waals surface area contributed by atoms with E-state index in [2.05, 4.69) is 15.1 Å². The van der Waals surface area contributed by atoms with Gasteiger partial charge in [0.2, 0.25) is 5.95 Å². The van der Waals surface area contributed by atoms with E-state index in [1.165, 1.54) is 11.8 Å². The molecule has 0 bridgehead atoms. The van der Waals surface area contributed by atoms with Gasteiger partial charge in [0, 0.05) is 19.4 Å². The van der Waals surface area contributed by atoms with Crippen LogP contribution in [0.5, 0.6) is 0 Å². The second kappa shape index (κ2) is 3.67. The largest absolute Gasteiger partial charge is 0.368 e. The zero-order valence-corrected chi connectivity index (χ0v) is 8.40. The molecule has 2 aromatic rings. The second-order valence-corrected chi connectivity index (χ2v) is 3.80. The van der Waals surface area contributed by atoms with E-state index < -0.39 is 0 Å². The van der Waals surface area contributed by atoms with E-state index in [9.17, 15) is 0 Å². The van der Waals surface area contributed by atoms with Crippen LogP contribution in [0.4, 0.5) is 5.95 Å². The highest BCUT2D eigenvalue weighted by Gasteiger charge is 2.01. The van der Waals surface area contributed by atoms with Crippen molar-refractivity contribution in [2.45, 2.75) is 9.92 Å². The number of aromatic nitrogens is 4. The van der Waals surface area contributed by atoms with Crippen molar-refractivity contribution in [3.63, 3.8) is 0 Å². The molecule has 0 saturated heterocycles. The van der Waals surface area contributed by atoms with Gasteiger partial charge in [-0.05, 0) is 6.07 Å². The lowest BCUT2D eigenvalue weighted by atomic mass is 10.7. The van der Waals surface area contributed by atoms with Gasteiger partial charge in [0.25, 0.3) is 0 Å². The topological polar surface area (TPSA) is 69.6 Å². The van der Waals surface area contributed by atoms with E-state index in [0.29, 0.717) is 5.95 Å². The highest BCUT2D eigenvalue weighted by Crippen LogP contribution is 2.24. The Morgan fingerprint density at radius 3 is 3.00 bits per heavy atom. The van der Waals surface area contributed by atoms with Crippen LogP contribution in [0, 0.1) is 0 Å². The normalized spacial score (nSPS) is 10.4. The lowest BCUT2D eigenvalue weighted by Crippen LogP contribution is -1.93. The molecule has 5 nitrogen and oxygen atoms in total. The number of hydrogen-bond acceptors (Lipinski definition) is 5. The standard InChI is InChI=1S/C8H9N5S/c1-13-5-6(4-11-13)14-7-2-3-10-8(9)12-7/h2-5H,1H3,(H2,9,10,12). The number of aryl methyl sites for hydroxylation is 1. The zero-order valence-electron chi connectivity index (χ0n) is 7.58. The second-order valence-electron chi connectivity index (χ2n) is 2.70. The molecule has 0 radical (unpaired) electrons. The summed E-state index contributed by atoms with van der Waals surface area (Å²) < 4.78 is 1.74. The average Bonchev–Trinajstić information content (AvgIpc) is 2.51.